The number of carbonyl (C=O) groups is 2. The number of nitrogens with zero attached hydrogens (tertiary/aromatic N) is 1. The summed E-state index contributed by atoms with van der Waals surface area (Å²) in [5.41, 5.74) is 1.44. The Labute approximate surface area is 195 Å². The smallest absolute Gasteiger partial charge is 0.306 e. The molecule has 0 aromatic heterocycles. The minimum absolute atomic E-state index is 0.0897. The average molecular weight is 558 g/mol. The van der Waals surface area contributed by atoms with E-state index in [-0.39, 0.29) is 17.9 Å². The summed E-state index contributed by atoms with van der Waals surface area (Å²) < 4.78 is 37.9. The minimum atomic E-state index is -3.54. The molecule has 0 spiro atoms. The Morgan fingerprint density at radius 2 is 1.68 bits per heavy atom. The second kappa shape index (κ2) is 11.0. The van der Waals surface area contributed by atoms with E-state index in [2.05, 4.69) is 27.9 Å². The maximum absolute atomic E-state index is 12.6. The summed E-state index contributed by atoms with van der Waals surface area (Å²) in [5, 5.41) is 2.66. The third-order valence-corrected chi connectivity index (χ3v) is 7.27. The molecule has 1 heterocycles. The predicted octanol–water partition coefficient (Wildman–Crippen LogP) is 2.43. The Balaban J connectivity index is 1.43. The van der Waals surface area contributed by atoms with Crippen molar-refractivity contribution in [2.75, 3.05) is 38.2 Å². The summed E-state index contributed by atoms with van der Waals surface area (Å²) in [6.07, 6.45) is 0.474. The molecule has 1 aliphatic rings. The fourth-order valence-corrected chi connectivity index (χ4v) is 4.73. The number of ether oxygens (including phenoxy) is 2. The van der Waals surface area contributed by atoms with Gasteiger partial charge in [0.1, 0.15) is 0 Å². The Morgan fingerprint density at radius 3 is 2.32 bits per heavy atom. The highest BCUT2D eigenvalue weighted by Gasteiger charge is 2.26. The highest BCUT2D eigenvalue weighted by atomic mass is 127. The van der Waals surface area contributed by atoms with Gasteiger partial charge in [-0.3, -0.25) is 9.59 Å². The Hall–Kier alpha value is -2.02. The van der Waals surface area contributed by atoms with E-state index >= 15 is 0 Å². The third kappa shape index (κ3) is 6.99. The van der Waals surface area contributed by atoms with E-state index in [9.17, 15) is 18.0 Å². The van der Waals surface area contributed by atoms with Gasteiger partial charge in [0.25, 0.3) is 5.91 Å². The zero-order chi connectivity index (χ0) is 22.3. The highest BCUT2D eigenvalue weighted by Crippen LogP contribution is 2.18. The van der Waals surface area contributed by atoms with Gasteiger partial charge in [-0.15, -0.1) is 0 Å². The number of morpholine rings is 1. The van der Waals surface area contributed by atoms with Gasteiger partial charge in [-0.05, 0) is 71.0 Å². The monoisotopic (exact) mass is 558 g/mol. The topological polar surface area (TPSA) is 102 Å². The first-order valence-corrected chi connectivity index (χ1v) is 12.2. The van der Waals surface area contributed by atoms with Gasteiger partial charge in [-0.2, -0.15) is 4.31 Å². The molecule has 0 saturated carbocycles. The van der Waals surface area contributed by atoms with Crippen molar-refractivity contribution < 1.29 is 27.5 Å². The zero-order valence-corrected chi connectivity index (χ0v) is 19.7. The molecule has 8 nitrogen and oxygen atoms in total. The molecule has 0 unspecified atom stereocenters. The Bertz CT molecular complexity index is 1000. The number of hydrogen-bond acceptors (Lipinski definition) is 6. The van der Waals surface area contributed by atoms with Gasteiger partial charge in [-0.1, -0.05) is 12.1 Å². The number of halogens is 1. The van der Waals surface area contributed by atoms with Crippen molar-refractivity contribution in [3.05, 3.63) is 57.7 Å². The van der Waals surface area contributed by atoms with Gasteiger partial charge < -0.3 is 14.8 Å². The van der Waals surface area contributed by atoms with Crippen LogP contribution < -0.4 is 5.32 Å². The molecule has 31 heavy (non-hydrogen) atoms. The van der Waals surface area contributed by atoms with Crippen LogP contribution in [0, 0.1) is 3.57 Å². The van der Waals surface area contributed by atoms with Gasteiger partial charge in [0.15, 0.2) is 6.61 Å². The SMILES string of the molecule is O=C(COC(=O)CCc1ccc(S(=O)(=O)N2CCOCC2)cc1)Nc1ccc(I)cc1. The van der Waals surface area contributed by atoms with Crippen LogP contribution in [0.25, 0.3) is 0 Å². The summed E-state index contributed by atoms with van der Waals surface area (Å²) in [4.78, 5) is 24.0. The largest absolute Gasteiger partial charge is 0.456 e. The van der Waals surface area contributed by atoms with Gasteiger partial charge in [0, 0.05) is 28.8 Å². The lowest BCUT2D eigenvalue weighted by atomic mass is 10.1. The molecule has 1 aliphatic heterocycles. The quantitative estimate of drug-likeness (QED) is 0.395. The normalized spacial score (nSPS) is 14.7. The van der Waals surface area contributed by atoms with Crippen LogP contribution in [0.4, 0.5) is 5.69 Å². The molecular formula is C21H23IN2O6S. The summed E-state index contributed by atoms with van der Waals surface area (Å²) >= 11 is 2.17. The van der Waals surface area contributed by atoms with Gasteiger partial charge in [0.2, 0.25) is 10.0 Å². The lowest BCUT2D eigenvalue weighted by Gasteiger charge is -2.26. The molecule has 3 rings (SSSR count). The molecule has 2 aromatic carbocycles. The first-order valence-electron chi connectivity index (χ1n) is 9.72. The van der Waals surface area contributed by atoms with Gasteiger partial charge >= 0.3 is 5.97 Å². The van der Waals surface area contributed by atoms with E-state index in [1.165, 1.54) is 4.31 Å². The summed E-state index contributed by atoms with van der Waals surface area (Å²) in [6, 6.07) is 13.7. The van der Waals surface area contributed by atoms with Crippen LogP contribution in [0.3, 0.4) is 0 Å². The number of carbonyl (C=O) groups excluding carboxylic acids is 2. The number of rotatable bonds is 8. The number of hydrogen-bond donors (Lipinski definition) is 1. The van der Waals surface area contributed by atoms with Crippen LogP contribution in [-0.2, 0) is 35.5 Å². The number of anilines is 1. The standard InChI is InChI=1S/C21H23IN2O6S/c22-17-4-6-18(7-5-17)23-20(25)15-30-21(26)10-3-16-1-8-19(9-2-16)31(27,28)24-11-13-29-14-12-24/h1-2,4-9H,3,10-15H2,(H,23,25). The molecule has 1 N–H and O–H groups in total. The molecular weight excluding hydrogens is 535 g/mol. The van der Waals surface area contributed by atoms with Crippen molar-refractivity contribution in [1.82, 2.24) is 4.31 Å². The van der Waals surface area contributed by atoms with Crippen LogP contribution in [-0.4, -0.2) is 57.5 Å². The molecule has 1 fully saturated rings. The van der Waals surface area contributed by atoms with E-state index in [0.717, 1.165) is 9.13 Å². The molecule has 0 bridgehead atoms. The number of benzene rings is 2. The zero-order valence-electron chi connectivity index (χ0n) is 16.8. The van der Waals surface area contributed by atoms with Crippen LogP contribution in [0.1, 0.15) is 12.0 Å². The summed E-state index contributed by atoms with van der Waals surface area (Å²) in [7, 11) is -3.54. The lowest BCUT2D eigenvalue weighted by molar-refractivity contribution is -0.147. The van der Waals surface area contributed by atoms with Crippen LogP contribution in [0.2, 0.25) is 0 Å². The molecule has 0 atom stereocenters. The van der Waals surface area contributed by atoms with E-state index in [1.54, 1.807) is 36.4 Å². The molecule has 2 aromatic rings. The number of sulfonamides is 1. The maximum Gasteiger partial charge on any atom is 0.306 e. The number of esters is 1. The molecule has 0 aliphatic carbocycles. The van der Waals surface area contributed by atoms with E-state index < -0.39 is 21.9 Å². The Kier molecular flexibility index (Phi) is 8.41. The van der Waals surface area contributed by atoms with Gasteiger partial charge in [0.05, 0.1) is 18.1 Å². The van der Waals surface area contributed by atoms with Crippen molar-refractivity contribution in [2.24, 2.45) is 0 Å². The van der Waals surface area contributed by atoms with Crippen molar-refractivity contribution in [3.63, 3.8) is 0 Å². The molecule has 166 valence electrons. The van der Waals surface area contributed by atoms with Crippen molar-refractivity contribution in [3.8, 4) is 0 Å². The number of amides is 1. The van der Waals surface area contributed by atoms with Crippen LogP contribution >= 0.6 is 22.6 Å². The van der Waals surface area contributed by atoms with Crippen molar-refractivity contribution in [1.29, 1.82) is 0 Å². The van der Waals surface area contributed by atoms with Crippen molar-refractivity contribution >= 4 is 50.2 Å². The number of nitrogens with one attached hydrogen (secondary N) is 1. The van der Waals surface area contributed by atoms with E-state index in [0.29, 0.717) is 38.4 Å². The molecule has 1 amide bonds. The minimum Gasteiger partial charge on any atom is -0.456 e. The first-order chi connectivity index (χ1) is 14.8. The summed E-state index contributed by atoms with van der Waals surface area (Å²) in [5.74, 6) is -0.907. The maximum atomic E-state index is 12.6. The molecule has 0 radical (unpaired) electrons. The first kappa shape index (κ1) is 23.6. The fraction of sp³-hybridized carbons (Fsp3) is 0.333. The van der Waals surface area contributed by atoms with Crippen molar-refractivity contribution in [2.45, 2.75) is 17.7 Å². The average Bonchev–Trinajstić information content (AvgIpc) is 2.79. The van der Waals surface area contributed by atoms with Crippen LogP contribution in [0.5, 0.6) is 0 Å². The second-order valence-corrected chi connectivity index (χ2v) is 10.1. The van der Waals surface area contributed by atoms with Gasteiger partial charge in [-0.25, -0.2) is 8.42 Å². The highest BCUT2D eigenvalue weighted by molar-refractivity contribution is 14.1. The third-order valence-electron chi connectivity index (χ3n) is 4.64. The van der Waals surface area contributed by atoms with E-state index in [1.807, 2.05) is 12.1 Å². The number of aryl methyl sites for hydroxylation is 1. The van der Waals surface area contributed by atoms with E-state index in [4.69, 9.17) is 9.47 Å². The fourth-order valence-electron chi connectivity index (χ4n) is 2.96. The van der Waals surface area contributed by atoms with Crippen LogP contribution in [0.15, 0.2) is 53.4 Å². The predicted molar refractivity (Wildman–Crippen MR) is 123 cm³/mol. The second-order valence-electron chi connectivity index (χ2n) is 6.88. The Morgan fingerprint density at radius 1 is 1.03 bits per heavy atom. The molecule has 1 saturated heterocycles. The molecule has 10 heteroatoms. The lowest BCUT2D eigenvalue weighted by Crippen LogP contribution is -2.40. The summed E-state index contributed by atoms with van der Waals surface area (Å²) in [6.45, 7) is 1.10.